The van der Waals surface area contributed by atoms with Crippen LogP contribution in [0.1, 0.15) is 6.42 Å². The SMILES string of the molecule is CN=C(NCCCOC)NCCOC. The molecule has 0 aliphatic rings. The van der Waals surface area contributed by atoms with Gasteiger partial charge in [-0.3, -0.25) is 4.99 Å². The zero-order valence-corrected chi connectivity index (χ0v) is 9.30. The summed E-state index contributed by atoms with van der Waals surface area (Å²) >= 11 is 0. The van der Waals surface area contributed by atoms with Crippen molar-refractivity contribution in [3.05, 3.63) is 0 Å². The Balaban J connectivity index is 3.39. The smallest absolute Gasteiger partial charge is 0.191 e. The fourth-order valence-electron chi connectivity index (χ4n) is 0.915. The van der Waals surface area contributed by atoms with Crippen molar-refractivity contribution in [1.29, 1.82) is 0 Å². The first kappa shape index (κ1) is 13.2. The van der Waals surface area contributed by atoms with Gasteiger partial charge in [0.1, 0.15) is 0 Å². The second-order valence-corrected chi connectivity index (χ2v) is 2.76. The third kappa shape index (κ3) is 7.82. The third-order valence-electron chi connectivity index (χ3n) is 1.64. The second-order valence-electron chi connectivity index (χ2n) is 2.76. The Labute approximate surface area is 85.9 Å². The van der Waals surface area contributed by atoms with Gasteiger partial charge in [0.25, 0.3) is 0 Å². The Bertz CT molecular complexity index is 151. The van der Waals surface area contributed by atoms with Gasteiger partial charge in [0.15, 0.2) is 5.96 Å². The number of hydrogen-bond acceptors (Lipinski definition) is 3. The molecular formula is C9H21N3O2. The average Bonchev–Trinajstić information content (AvgIpc) is 2.22. The zero-order chi connectivity index (χ0) is 10.6. The maximum atomic E-state index is 4.94. The van der Waals surface area contributed by atoms with Crippen LogP contribution in [0.15, 0.2) is 4.99 Å². The topological polar surface area (TPSA) is 54.9 Å². The molecule has 84 valence electrons. The van der Waals surface area contributed by atoms with Gasteiger partial charge in [0.2, 0.25) is 0 Å². The van der Waals surface area contributed by atoms with Crippen LogP contribution in [0.5, 0.6) is 0 Å². The van der Waals surface area contributed by atoms with Crippen LogP contribution in [0.2, 0.25) is 0 Å². The fraction of sp³-hybridized carbons (Fsp3) is 0.889. The molecule has 5 nitrogen and oxygen atoms in total. The molecule has 0 saturated heterocycles. The predicted molar refractivity (Wildman–Crippen MR) is 57.7 cm³/mol. The van der Waals surface area contributed by atoms with Crippen LogP contribution in [0, 0.1) is 0 Å². The van der Waals surface area contributed by atoms with E-state index >= 15 is 0 Å². The maximum absolute atomic E-state index is 4.94. The molecule has 0 aromatic rings. The van der Waals surface area contributed by atoms with Gasteiger partial charge < -0.3 is 20.1 Å². The van der Waals surface area contributed by atoms with Crippen LogP contribution in [-0.2, 0) is 9.47 Å². The lowest BCUT2D eigenvalue weighted by Gasteiger charge is -2.10. The minimum Gasteiger partial charge on any atom is -0.385 e. The molecule has 0 atom stereocenters. The Kier molecular flexibility index (Phi) is 9.68. The van der Waals surface area contributed by atoms with Crippen molar-refractivity contribution in [2.24, 2.45) is 4.99 Å². The van der Waals surface area contributed by atoms with E-state index in [0.29, 0.717) is 6.61 Å². The molecule has 2 N–H and O–H groups in total. The molecule has 0 heterocycles. The van der Waals surface area contributed by atoms with Gasteiger partial charge >= 0.3 is 0 Å². The minimum absolute atomic E-state index is 0.679. The van der Waals surface area contributed by atoms with E-state index < -0.39 is 0 Å². The molecule has 0 saturated carbocycles. The summed E-state index contributed by atoms with van der Waals surface area (Å²) < 4.78 is 9.85. The standard InChI is InChI=1S/C9H21N3O2/c1-10-9(12-6-8-14-3)11-5-4-7-13-2/h4-8H2,1-3H3,(H2,10,11,12). The molecule has 0 aromatic carbocycles. The number of methoxy groups -OCH3 is 2. The molecule has 14 heavy (non-hydrogen) atoms. The second kappa shape index (κ2) is 10.3. The molecule has 5 heteroatoms. The largest absolute Gasteiger partial charge is 0.385 e. The summed E-state index contributed by atoms with van der Waals surface area (Å²) in [5.74, 6) is 0.804. The first-order chi connectivity index (χ1) is 6.85. The van der Waals surface area contributed by atoms with E-state index in [4.69, 9.17) is 9.47 Å². The number of aliphatic imine (C=N–C) groups is 1. The first-order valence-electron chi connectivity index (χ1n) is 4.77. The van der Waals surface area contributed by atoms with E-state index in [-0.39, 0.29) is 0 Å². The van der Waals surface area contributed by atoms with Gasteiger partial charge in [-0.2, -0.15) is 0 Å². The van der Waals surface area contributed by atoms with E-state index in [1.54, 1.807) is 21.3 Å². The van der Waals surface area contributed by atoms with Crippen LogP contribution in [-0.4, -0.2) is 53.5 Å². The first-order valence-corrected chi connectivity index (χ1v) is 4.77. The van der Waals surface area contributed by atoms with Gasteiger partial charge in [0, 0.05) is 41.0 Å². The van der Waals surface area contributed by atoms with Crippen molar-refractivity contribution in [2.75, 3.05) is 47.6 Å². The number of nitrogens with one attached hydrogen (secondary N) is 2. The molecule has 0 amide bonds. The van der Waals surface area contributed by atoms with E-state index in [9.17, 15) is 0 Å². The summed E-state index contributed by atoms with van der Waals surface area (Å²) in [4.78, 5) is 4.06. The number of nitrogens with zero attached hydrogens (tertiary/aromatic N) is 1. The molecule has 0 fully saturated rings. The highest BCUT2D eigenvalue weighted by molar-refractivity contribution is 5.79. The van der Waals surface area contributed by atoms with Crippen LogP contribution >= 0.6 is 0 Å². The molecule has 0 spiro atoms. The van der Waals surface area contributed by atoms with E-state index in [1.807, 2.05) is 0 Å². The molecule has 0 unspecified atom stereocenters. The van der Waals surface area contributed by atoms with Gasteiger partial charge in [-0.1, -0.05) is 0 Å². The lowest BCUT2D eigenvalue weighted by molar-refractivity contribution is 0.195. The van der Waals surface area contributed by atoms with E-state index in [0.717, 1.165) is 32.1 Å². The lowest BCUT2D eigenvalue weighted by atomic mass is 10.4. The average molecular weight is 203 g/mol. The highest BCUT2D eigenvalue weighted by Gasteiger charge is 1.94. The molecule has 0 bridgehead atoms. The Morgan fingerprint density at radius 2 is 1.71 bits per heavy atom. The number of guanidine groups is 1. The van der Waals surface area contributed by atoms with Crippen molar-refractivity contribution >= 4 is 5.96 Å². The lowest BCUT2D eigenvalue weighted by Crippen LogP contribution is -2.39. The maximum Gasteiger partial charge on any atom is 0.191 e. The monoisotopic (exact) mass is 203 g/mol. The Morgan fingerprint density at radius 3 is 2.29 bits per heavy atom. The number of hydrogen-bond donors (Lipinski definition) is 2. The van der Waals surface area contributed by atoms with Crippen molar-refractivity contribution < 1.29 is 9.47 Å². The Hall–Kier alpha value is -0.810. The highest BCUT2D eigenvalue weighted by Crippen LogP contribution is 1.77. The van der Waals surface area contributed by atoms with Crippen molar-refractivity contribution in [3.63, 3.8) is 0 Å². The highest BCUT2D eigenvalue weighted by atomic mass is 16.5. The summed E-state index contributed by atoms with van der Waals surface area (Å²) in [6, 6.07) is 0. The van der Waals surface area contributed by atoms with Crippen molar-refractivity contribution in [3.8, 4) is 0 Å². The van der Waals surface area contributed by atoms with Gasteiger partial charge in [0.05, 0.1) is 6.61 Å². The summed E-state index contributed by atoms with van der Waals surface area (Å²) in [5.41, 5.74) is 0. The van der Waals surface area contributed by atoms with Gasteiger partial charge in [-0.05, 0) is 6.42 Å². The quantitative estimate of drug-likeness (QED) is 0.343. The molecule has 0 radical (unpaired) electrons. The summed E-state index contributed by atoms with van der Waals surface area (Å²) in [5, 5.41) is 6.29. The third-order valence-corrected chi connectivity index (χ3v) is 1.64. The zero-order valence-electron chi connectivity index (χ0n) is 9.30. The van der Waals surface area contributed by atoms with E-state index in [1.165, 1.54) is 0 Å². The van der Waals surface area contributed by atoms with E-state index in [2.05, 4.69) is 15.6 Å². The van der Waals surface area contributed by atoms with Crippen LogP contribution < -0.4 is 10.6 Å². The van der Waals surface area contributed by atoms with Crippen LogP contribution in [0.3, 0.4) is 0 Å². The predicted octanol–water partition coefficient (Wildman–Crippen LogP) is -0.166. The molecule has 0 aliphatic heterocycles. The van der Waals surface area contributed by atoms with Gasteiger partial charge in [-0.15, -0.1) is 0 Å². The Morgan fingerprint density at radius 1 is 1.07 bits per heavy atom. The van der Waals surface area contributed by atoms with Crippen molar-refractivity contribution in [1.82, 2.24) is 10.6 Å². The number of rotatable bonds is 7. The van der Waals surface area contributed by atoms with Gasteiger partial charge in [-0.25, -0.2) is 0 Å². The molecule has 0 aliphatic carbocycles. The molecular weight excluding hydrogens is 182 g/mol. The summed E-state index contributed by atoms with van der Waals surface area (Å²) in [7, 11) is 5.13. The van der Waals surface area contributed by atoms with Crippen LogP contribution in [0.25, 0.3) is 0 Å². The summed E-state index contributed by atoms with van der Waals surface area (Å²) in [6.45, 7) is 3.07. The van der Waals surface area contributed by atoms with Crippen LogP contribution in [0.4, 0.5) is 0 Å². The normalized spacial score (nSPS) is 11.5. The minimum atomic E-state index is 0.679. The van der Waals surface area contributed by atoms with Crippen molar-refractivity contribution in [2.45, 2.75) is 6.42 Å². The molecule has 0 aromatic heterocycles. The molecule has 0 rings (SSSR count). The number of ether oxygens (including phenoxy) is 2. The summed E-state index contributed by atoms with van der Waals surface area (Å²) in [6.07, 6.45) is 0.974. The fourth-order valence-corrected chi connectivity index (χ4v) is 0.915.